The Hall–Kier alpha value is -3.13. The van der Waals surface area contributed by atoms with Crippen molar-refractivity contribution in [3.8, 4) is 0 Å². The fourth-order valence-electron chi connectivity index (χ4n) is 3.05. The van der Waals surface area contributed by atoms with Crippen LogP contribution in [-0.4, -0.2) is 35.9 Å². The largest absolute Gasteiger partial charge is 0.464 e. The molecule has 0 spiro atoms. The number of hydrogen-bond donors (Lipinski definition) is 2. The number of hydrogen-bond acceptors (Lipinski definition) is 7. The van der Waals surface area contributed by atoms with Gasteiger partial charge in [0.2, 0.25) is 5.28 Å². The topological polar surface area (TPSA) is 102 Å². The zero-order valence-electron chi connectivity index (χ0n) is 17.7. The number of rotatable bonds is 10. The molecule has 3 aromatic rings. The van der Waals surface area contributed by atoms with Crippen LogP contribution in [0.4, 0.5) is 16.3 Å². The number of aryl methyl sites for hydroxylation is 1. The molecule has 0 aliphatic rings. The van der Waals surface area contributed by atoms with Crippen LogP contribution in [0.25, 0.3) is 11.0 Å². The fraction of sp³-hybridized carbons (Fsp3) is 0.364. The summed E-state index contributed by atoms with van der Waals surface area (Å²) in [6.07, 6.45) is 6.58. The van der Waals surface area contributed by atoms with E-state index < -0.39 is 6.09 Å². The molecule has 0 bridgehead atoms. The van der Waals surface area contributed by atoms with Crippen LogP contribution in [-0.2, 0) is 11.3 Å². The number of amides is 1. The molecule has 9 heteroatoms. The van der Waals surface area contributed by atoms with Gasteiger partial charge in [-0.05, 0) is 68.0 Å². The normalized spacial score (nSPS) is 11.2. The van der Waals surface area contributed by atoms with Gasteiger partial charge < -0.3 is 19.8 Å². The number of alkyl carbamates (subject to hydrolysis) is 1. The molecule has 0 fully saturated rings. The minimum atomic E-state index is -0.410. The first-order valence-corrected chi connectivity index (χ1v) is 10.6. The average Bonchev–Trinajstić information content (AvgIpc) is 3.22. The summed E-state index contributed by atoms with van der Waals surface area (Å²) in [5.41, 5.74) is 3.24. The summed E-state index contributed by atoms with van der Waals surface area (Å²) < 4.78 is 10.5. The minimum absolute atomic E-state index is 0.198. The molecule has 8 nitrogen and oxygen atoms in total. The number of carbonyl (C=O) groups is 1. The lowest BCUT2D eigenvalue weighted by molar-refractivity contribution is 0.143. The van der Waals surface area contributed by atoms with Gasteiger partial charge in [0.25, 0.3) is 0 Å². The standard InChI is InChI=1S/C22H26ClN5O3/c1-15-19(20(24-2)28-21(23)27-15)25-10-5-3-4-6-11-31-22(29)26-14-16-7-8-18-17(13-16)9-12-30-18/h7-10,12-13H,3-6,11,14H2,1-2H3,(H,26,29)(H,24,27,28)/b25-10-. The van der Waals surface area contributed by atoms with Crippen LogP contribution >= 0.6 is 11.6 Å². The number of nitrogens with zero attached hydrogens (tertiary/aromatic N) is 3. The lowest BCUT2D eigenvalue weighted by atomic mass is 10.1. The van der Waals surface area contributed by atoms with Gasteiger partial charge in [-0.25, -0.2) is 9.78 Å². The Morgan fingerprint density at radius 3 is 2.97 bits per heavy atom. The van der Waals surface area contributed by atoms with Crippen LogP contribution < -0.4 is 10.6 Å². The van der Waals surface area contributed by atoms with E-state index >= 15 is 0 Å². The fourth-order valence-corrected chi connectivity index (χ4v) is 3.26. The number of benzene rings is 1. The van der Waals surface area contributed by atoms with Crippen molar-refractivity contribution in [2.45, 2.75) is 39.2 Å². The highest BCUT2D eigenvalue weighted by Gasteiger charge is 2.08. The highest BCUT2D eigenvalue weighted by Crippen LogP contribution is 2.26. The van der Waals surface area contributed by atoms with E-state index in [4.69, 9.17) is 20.8 Å². The maximum Gasteiger partial charge on any atom is 0.407 e. The number of halogens is 1. The summed E-state index contributed by atoms with van der Waals surface area (Å²) in [4.78, 5) is 24.5. The second-order valence-electron chi connectivity index (χ2n) is 6.97. The van der Waals surface area contributed by atoms with Crippen molar-refractivity contribution in [2.75, 3.05) is 19.0 Å². The highest BCUT2D eigenvalue weighted by molar-refractivity contribution is 6.28. The summed E-state index contributed by atoms with van der Waals surface area (Å²) in [5.74, 6) is 0.609. The molecule has 2 aromatic heterocycles. The van der Waals surface area contributed by atoms with Gasteiger partial charge in [0, 0.05) is 25.2 Å². The van der Waals surface area contributed by atoms with E-state index in [2.05, 4.69) is 25.6 Å². The van der Waals surface area contributed by atoms with Crippen molar-refractivity contribution in [2.24, 2.45) is 4.99 Å². The van der Waals surface area contributed by atoms with Crippen LogP contribution in [0, 0.1) is 6.92 Å². The van der Waals surface area contributed by atoms with Gasteiger partial charge in [-0.2, -0.15) is 4.98 Å². The molecular weight excluding hydrogens is 418 g/mol. The number of nitrogens with one attached hydrogen (secondary N) is 2. The van der Waals surface area contributed by atoms with Crippen molar-refractivity contribution in [1.29, 1.82) is 0 Å². The van der Waals surface area contributed by atoms with Crippen molar-refractivity contribution in [3.05, 3.63) is 47.1 Å². The number of unbranched alkanes of at least 4 members (excludes halogenated alkanes) is 3. The summed E-state index contributed by atoms with van der Waals surface area (Å²) in [7, 11) is 1.77. The van der Waals surface area contributed by atoms with Gasteiger partial charge in [-0.15, -0.1) is 0 Å². The molecule has 2 N–H and O–H groups in total. The maximum absolute atomic E-state index is 11.8. The monoisotopic (exact) mass is 443 g/mol. The summed E-state index contributed by atoms with van der Waals surface area (Å²) in [6.45, 7) is 2.65. The zero-order valence-corrected chi connectivity index (χ0v) is 18.4. The van der Waals surface area contributed by atoms with Crippen molar-refractivity contribution in [1.82, 2.24) is 15.3 Å². The van der Waals surface area contributed by atoms with Crippen LogP contribution in [0.15, 0.2) is 39.9 Å². The Kier molecular flexibility index (Phi) is 8.23. The predicted octanol–water partition coefficient (Wildman–Crippen LogP) is 5.42. The number of aromatic nitrogens is 2. The quantitative estimate of drug-likeness (QED) is 0.246. The minimum Gasteiger partial charge on any atom is -0.464 e. The molecule has 0 radical (unpaired) electrons. The third-order valence-electron chi connectivity index (χ3n) is 4.65. The molecule has 1 amide bonds. The molecule has 0 aliphatic heterocycles. The third-order valence-corrected chi connectivity index (χ3v) is 4.82. The summed E-state index contributed by atoms with van der Waals surface area (Å²) in [5, 5.41) is 6.95. The first-order chi connectivity index (χ1) is 15.1. The van der Waals surface area contributed by atoms with Gasteiger partial charge in [0.1, 0.15) is 11.3 Å². The van der Waals surface area contributed by atoms with Gasteiger partial charge in [-0.1, -0.05) is 6.07 Å². The first kappa shape index (κ1) is 22.6. The van der Waals surface area contributed by atoms with Crippen LogP contribution in [0.2, 0.25) is 5.28 Å². The summed E-state index contributed by atoms with van der Waals surface area (Å²) >= 11 is 5.87. The highest BCUT2D eigenvalue weighted by atomic mass is 35.5. The lowest BCUT2D eigenvalue weighted by Crippen LogP contribution is -2.24. The Morgan fingerprint density at radius 1 is 1.26 bits per heavy atom. The third kappa shape index (κ3) is 6.68. The van der Waals surface area contributed by atoms with Gasteiger partial charge >= 0.3 is 6.09 Å². The number of carbonyl (C=O) groups excluding carboxylic acids is 1. The van der Waals surface area contributed by atoms with Gasteiger partial charge in [0.05, 0.1) is 18.6 Å². The average molecular weight is 444 g/mol. The van der Waals surface area contributed by atoms with Gasteiger partial charge in [0.15, 0.2) is 5.82 Å². The predicted molar refractivity (Wildman–Crippen MR) is 122 cm³/mol. The second-order valence-corrected chi connectivity index (χ2v) is 7.31. The Bertz CT molecular complexity index is 1050. The van der Waals surface area contributed by atoms with Crippen molar-refractivity contribution < 1.29 is 13.9 Å². The molecule has 3 rings (SSSR count). The molecule has 2 heterocycles. The zero-order chi connectivity index (χ0) is 22.1. The second kappa shape index (κ2) is 11.3. The molecule has 0 aliphatic carbocycles. The first-order valence-electron chi connectivity index (χ1n) is 10.2. The Balaban J connectivity index is 1.29. The molecule has 31 heavy (non-hydrogen) atoms. The molecule has 0 atom stereocenters. The molecular formula is C22H26ClN5O3. The molecule has 0 unspecified atom stereocenters. The Morgan fingerprint density at radius 2 is 2.13 bits per heavy atom. The van der Waals surface area contributed by atoms with E-state index in [-0.39, 0.29) is 5.28 Å². The SMILES string of the molecule is CNc1nc(Cl)nc(C)c1/N=C\CCCCCOC(=O)NCc1ccc2occc2c1. The van der Waals surface area contributed by atoms with Crippen molar-refractivity contribution >= 4 is 46.4 Å². The van der Waals surface area contributed by atoms with Crippen LogP contribution in [0.3, 0.4) is 0 Å². The van der Waals surface area contributed by atoms with Gasteiger partial charge in [-0.3, -0.25) is 4.99 Å². The van der Waals surface area contributed by atoms with E-state index in [9.17, 15) is 4.79 Å². The van der Waals surface area contributed by atoms with Crippen LogP contribution in [0.5, 0.6) is 0 Å². The lowest BCUT2D eigenvalue weighted by Gasteiger charge is -2.07. The van der Waals surface area contributed by atoms with Crippen molar-refractivity contribution in [3.63, 3.8) is 0 Å². The van der Waals surface area contributed by atoms with E-state index in [1.54, 1.807) is 13.3 Å². The van der Waals surface area contributed by atoms with E-state index in [1.165, 1.54) is 0 Å². The Labute approximate surface area is 186 Å². The molecule has 0 saturated heterocycles. The molecule has 164 valence electrons. The smallest absolute Gasteiger partial charge is 0.407 e. The number of fused-ring (bicyclic) bond motifs is 1. The van der Waals surface area contributed by atoms with E-state index in [1.807, 2.05) is 37.4 Å². The number of ether oxygens (including phenoxy) is 1. The number of anilines is 1. The van der Waals surface area contributed by atoms with E-state index in [0.717, 1.165) is 47.9 Å². The maximum atomic E-state index is 11.8. The van der Waals surface area contributed by atoms with E-state index in [0.29, 0.717) is 24.7 Å². The number of furan rings is 1. The van der Waals surface area contributed by atoms with Crippen LogP contribution in [0.1, 0.15) is 36.9 Å². The molecule has 1 aromatic carbocycles. The molecule has 0 saturated carbocycles. The number of aliphatic imine (C=N–C) groups is 1. The summed E-state index contributed by atoms with van der Waals surface area (Å²) in [6, 6.07) is 7.69.